The SMILES string of the molecule is c1ccc(-c2ccc(N(c3cccc4c3oc3ccccc34)c3cccc4c3oc3c(-c5ccccc5)c5ccccc5cc34)cc2)cc1. The largest absolute Gasteiger partial charge is 0.454 e. The van der Waals surface area contributed by atoms with Gasteiger partial charge in [-0.05, 0) is 63.9 Å². The Kier molecular flexibility index (Phi) is 6.18. The maximum atomic E-state index is 7.09. The molecule has 3 nitrogen and oxygen atoms in total. The minimum atomic E-state index is 0.824. The number of para-hydroxylation sites is 3. The molecule has 0 unspecified atom stereocenters. The van der Waals surface area contributed by atoms with Crippen LogP contribution in [0.25, 0.3) is 76.9 Å². The highest BCUT2D eigenvalue weighted by Gasteiger charge is 2.24. The highest BCUT2D eigenvalue weighted by molar-refractivity contribution is 6.20. The zero-order valence-electron chi connectivity index (χ0n) is 26.5. The molecule has 0 aliphatic heterocycles. The fraction of sp³-hybridized carbons (Fsp3) is 0. The number of rotatable bonds is 5. The van der Waals surface area contributed by atoms with Crippen LogP contribution < -0.4 is 4.90 Å². The van der Waals surface area contributed by atoms with Crippen molar-refractivity contribution in [2.75, 3.05) is 4.90 Å². The van der Waals surface area contributed by atoms with Crippen molar-refractivity contribution in [2.45, 2.75) is 0 Å². The molecule has 0 saturated carbocycles. The number of fused-ring (bicyclic) bond motifs is 7. The van der Waals surface area contributed by atoms with Crippen LogP contribution in [-0.4, -0.2) is 0 Å². The molecular weight excluding hydrogens is 599 g/mol. The molecule has 0 aliphatic rings. The average molecular weight is 628 g/mol. The van der Waals surface area contributed by atoms with Crippen LogP contribution >= 0.6 is 0 Å². The summed E-state index contributed by atoms with van der Waals surface area (Å²) in [6.45, 7) is 0. The van der Waals surface area contributed by atoms with Gasteiger partial charge in [-0.15, -0.1) is 0 Å². The lowest BCUT2D eigenvalue weighted by Gasteiger charge is -2.25. The monoisotopic (exact) mass is 627 g/mol. The maximum absolute atomic E-state index is 7.09. The van der Waals surface area contributed by atoms with E-state index in [0.717, 1.165) is 77.6 Å². The van der Waals surface area contributed by atoms with Crippen molar-refractivity contribution in [1.29, 1.82) is 0 Å². The molecule has 2 aromatic heterocycles. The van der Waals surface area contributed by atoms with Crippen LogP contribution in [0, 0.1) is 0 Å². The van der Waals surface area contributed by atoms with Crippen molar-refractivity contribution < 1.29 is 8.83 Å². The first-order valence-electron chi connectivity index (χ1n) is 16.6. The van der Waals surface area contributed by atoms with Gasteiger partial charge in [0.05, 0.1) is 11.4 Å². The molecule has 0 N–H and O–H groups in total. The summed E-state index contributed by atoms with van der Waals surface area (Å²) in [7, 11) is 0. The van der Waals surface area contributed by atoms with Crippen molar-refractivity contribution in [1.82, 2.24) is 0 Å². The number of anilines is 3. The molecular formula is C46H29NO2. The highest BCUT2D eigenvalue weighted by Crippen LogP contribution is 2.48. The Labute approximate surface area is 282 Å². The van der Waals surface area contributed by atoms with Crippen LogP contribution in [-0.2, 0) is 0 Å². The number of hydrogen-bond acceptors (Lipinski definition) is 3. The standard InChI is InChI=1S/C46H29NO2/c1-3-13-30(14-4-1)31-25-27-34(28-26-31)47(40-22-11-20-37-36-19-9-10-24-42(36)48-44(37)40)41-23-12-21-38-39-29-33-17-7-8-18-35(33)43(46(39)49-45(38)41)32-15-5-2-6-16-32/h1-29H. The first-order valence-corrected chi connectivity index (χ1v) is 16.6. The van der Waals surface area contributed by atoms with E-state index < -0.39 is 0 Å². The molecule has 0 saturated heterocycles. The highest BCUT2D eigenvalue weighted by atomic mass is 16.3. The zero-order valence-corrected chi connectivity index (χ0v) is 26.5. The topological polar surface area (TPSA) is 29.5 Å². The van der Waals surface area contributed by atoms with Crippen LogP contribution in [0.1, 0.15) is 0 Å². The van der Waals surface area contributed by atoms with Crippen molar-refractivity contribution in [3.63, 3.8) is 0 Å². The summed E-state index contributed by atoms with van der Waals surface area (Å²) in [5.41, 5.74) is 10.9. The molecule has 0 atom stereocenters. The van der Waals surface area contributed by atoms with Gasteiger partial charge >= 0.3 is 0 Å². The maximum Gasteiger partial charge on any atom is 0.159 e. The number of furan rings is 2. The summed E-state index contributed by atoms with van der Waals surface area (Å²) in [6.07, 6.45) is 0. The van der Waals surface area contributed by atoms with E-state index in [0.29, 0.717) is 0 Å². The molecule has 0 fully saturated rings. The fourth-order valence-corrected chi connectivity index (χ4v) is 7.40. The minimum absolute atomic E-state index is 0.824. The van der Waals surface area contributed by atoms with E-state index in [4.69, 9.17) is 8.83 Å². The molecule has 8 aromatic carbocycles. The van der Waals surface area contributed by atoms with E-state index in [9.17, 15) is 0 Å². The lowest BCUT2D eigenvalue weighted by molar-refractivity contribution is 0.667. The van der Waals surface area contributed by atoms with E-state index in [1.165, 1.54) is 16.3 Å². The van der Waals surface area contributed by atoms with Gasteiger partial charge in [-0.1, -0.05) is 140 Å². The molecule has 0 radical (unpaired) electrons. The second-order valence-electron chi connectivity index (χ2n) is 12.5. The summed E-state index contributed by atoms with van der Waals surface area (Å²) in [4.78, 5) is 2.28. The Bertz CT molecular complexity index is 2810. The number of nitrogens with zero attached hydrogens (tertiary/aromatic N) is 1. The molecule has 0 amide bonds. The summed E-state index contributed by atoms with van der Waals surface area (Å²) >= 11 is 0. The van der Waals surface area contributed by atoms with E-state index >= 15 is 0 Å². The molecule has 49 heavy (non-hydrogen) atoms. The predicted molar refractivity (Wildman–Crippen MR) is 204 cm³/mol. The fourth-order valence-electron chi connectivity index (χ4n) is 7.40. The van der Waals surface area contributed by atoms with Gasteiger partial charge in [0.2, 0.25) is 0 Å². The number of benzene rings is 8. The zero-order chi connectivity index (χ0) is 32.3. The molecule has 0 aliphatic carbocycles. The van der Waals surface area contributed by atoms with Crippen molar-refractivity contribution in [2.24, 2.45) is 0 Å². The van der Waals surface area contributed by atoms with Crippen molar-refractivity contribution in [3.8, 4) is 22.3 Å². The smallest absolute Gasteiger partial charge is 0.159 e. The molecule has 0 bridgehead atoms. The van der Waals surface area contributed by atoms with E-state index in [2.05, 4.69) is 163 Å². The van der Waals surface area contributed by atoms with E-state index in [1.54, 1.807) is 0 Å². The van der Waals surface area contributed by atoms with Crippen LogP contribution in [0.15, 0.2) is 185 Å². The molecule has 3 heteroatoms. The quantitative estimate of drug-likeness (QED) is 0.190. The first-order chi connectivity index (χ1) is 24.3. The van der Waals surface area contributed by atoms with Gasteiger partial charge in [0.15, 0.2) is 11.2 Å². The van der Waals surface area contributed by atoms with Crippen molar-refractivity contribution in [3.05, 3.63) is 176 Å². The Balaban J connectivity index is 1.27. The Morgan fingerprint density at radius 1 is 0.347 bits per heavy atom. The van der Waals surface area contributed by atoms with Crippen molar-refractivity contribution >= 4 is 71.7 Å². The van der Waals surface area contributed by atoms with Gasteiger partial charge in [0.1, 0.15) is 11.2 Å². The Hall–Kier alpha value is -6.58. The Morgan fingerprint density at radius 3 is 1.63 bits per heavy atom. The first kappa shape index (κ1) is 27.5. The van der Waals surface area contributed by atoms with Gasteiger partial charge in [-0.3, -0.25) is 0 Å². The van der Waals surface area contributed by atoms with Gasteiger partial charge in [0.25, 0.3) is 0 Å². The van der Waals surface area contributed by atoms with Crippen LogP contribution in [0.5, 0.6) is 0 Å². The second-order valence-corrected chi connectivity index (χ2v) is 12.5. The minimum Gasteiger partial charge on any atom is -0.454 e. The van der Waals surface area contributed by atoms with Gasteiger partial charge in [-0.2, -0.15) is 0 Å². The summed E-state index contributed by atoms with van der Waals surface area (Å²) in [5.74, 6) is 0. The summed E-state index contributed by atoms with van der Waals surface area (Å²) < 4.78 is 13.7. The molecule has 230 valence electrons. The lowest BCUT2D eigenvalue weighted by atomic mass is 9.95. The number of hydrogen-bond donors (Lipinski definition) is 0. The summed E-state index contributed by atoms with van der Waals surface area (Å²) in [5, 5.41) is 6.69. The third-order valence-electron chi connectivity index (χ3n) is 9.65. The van der Waals surface area contributed by atoms with Crippen LogP contribution in [0.3, 0.4) is 0 Å². The normalized spacial score (nSPS) is 11.7. The predicted octanol–water partition coefficient (Wildman–Crippen LogP) is 13.4. The van der Waals surface area contributed by atoms with Gasteiger partial charge in [-0.25, -0.2) is 0 Å². The van der Waals surface area contributed by atoms with E-state index in [-0.39, 0.29) is 0 Å². The second kappa shape index (κ2) is 11.0. The van der Waals surface area contributed by atoms with Gasteiger partial charge < -0.3 is 13.7 Å². The third-order valence-corrected chi connectivity index (χ3v) is 9.65. The molecule has 0 spiro atoms. The average Bonchev–Trinajstić information content (AvgIpc) is 3.74. The summed E-state index contributed by atoms with van der Waals surface area (Å²) in [6, 6.07) is 61.8. The molecule has 10 rings (SSSR count). The molecule has 2 heterocycles. The van der Waals surface area contributed by atoms with Crippen LogP contribution in [0.4, 0.5) is 17.1 Å². The third kappa shape index (κ3) is 4.37. The Morgan fingerprint density at radius 2 is 0.898 bits per heavy atom. The lowest BCUT2D eigenvalue weighted by Crippen LogP contribution is -2.10. The molecule has 10 aromatic rings. The van der Waals surface area contributed by atoms with Crippen LogP contribution in [0.2, 0.25) is 0 Å². The van der Waals surface area contributed by atoms with Gasteiger partial charge in [0, 0.05) is 32.8 Å². The van der Waals surface area contributed by atoms with E-state index in [1.807, 2.05) is 18.2 Å².